The number of thiophene rings is 1. The molecule has 0 bridgehead atoms. The Bertz CT molecular complexity index is 411. The van der Waals surface area contributed by atoms with Crippen LogP contribution in [-0.2, 0) is 6.54 Å². The average molecular weight is 263 g/mol. The molecule has 0 atom stereocenters. The van der Waals surface area contributed by atoms with Crippen molar-refractivity contribution in [3.05, 3.63) is 21.9 Å². The van der Waals surface area contributed by atoms with E-state index in [1.165, 1.54) is 30.8 Å². The van der Waals surface area contributed by atoms with Gasteiger partial charge in [0.1, 0.15) is 10.9 Å². The van der Waals surface area contributed by atoms with Crippen LogP contribution >= 0.6 is 11.3 Å². The summed E-state index contributed by atoms with van der Waals surface area (Å²) in [6.45, 7) is 7.83. The number of likely N-dealkylation sites (tertiary alicyclic amines) is 1. The van der Waals surface area contributed by atoms with E-state index in [1.54, 1.807) is 11.3 Å². The van der Waals surface area contributed by atoms with Gasteiger partial charge in [-0.05, 0) is 51.9 Å². The Morgan fingerprint density at radius 2 is 2.17 bits per heavy atom. The minimum atomic E-state index is 0.632. The monoisotopic (exact) mass is 263 g/mol. The molecule has 0 aliphatic carbocycles. The van der Waals surface area contributed by atoms with E-state index < -0.39 is 0 Å². The summed E-state index contributed by atoms with van der Waals surface area (Å²) in [6, 6.07) is 7.45. The van der Waals surface area contributed by atoms with Crippen LogP contribution < -0.4 is 5.32 Å². The molecule has 4 heteroatoms. The first kappa shape index (κ1) is 13.5. The highest BCUT2D eigenvalue weighted by Gasteiger charge is 2.20. The third kappa shape index (κ3) is 3.55. The van der Waals surface area contributed by atoms with E-state index in [1.807, 2.05) is 6.07 Å². The zero-order chi connectivity index (χ0) is 13.0. The van der Waals surface area contributed by atoms with Gasteiger partial charge in [0.2, 0.25) is 0 Å². The summed E-state index contributed by atoms with van der Waals surface area (Å²) in [5.41, 5.74) is 0. The molecule has 0 saturated carbocycles. The molecule has 1 N–H and O–H groups in total. The van der Waals surface area contributed by atoms with Gasteiger partial charge in [0.15, 0.2) is 0 Å². The van der Waals surface area contributed by atoms with Crippen LogP contribution in [0.25, 0.3) is 0 Å². The Hall–Kier alpha value is -0.890. The normalized spacial score (nSPS) is 18.1. The van der Waals surface area contributed by atoms with Crippen molar-refractivity contribution in [1.82, 2.24) is 10.2 Å². The first-order valence-electron chi connectivity index (χ1n) is 6.65. The van der Waals surface area contributed by atoms with Gasteiger partial charge >= 0.3 is 0 Å². The predicted molar refractivity (Wildman–Crippen MR) is 75.6 cm³/mol. The average Bonchev–Trinajstić information content (AvgIpc) is 2.85. The first-order valence-corrected chi connectivity index (χ1v) is 7.47. The molecule has 2 rings (SSSR count). The van der Waals surface area contributed by atoms with E-state index in [0.717, 1.165) is 11.4 Å². The second-order valence-corrected chi connectivity index (χ2v) is 6.33. The molecule has 1 aromatic heterocycles. The van der Waals surface area contributed by atoms with E-state index in [2.05, 4.69) is 36.2 Å². The molecule has 18 heavy (non-hydrogen) atoms. The van der Waals surface area contributed by atoms with E-state index in [-0.39, 0.29) is 0 Å². The molecular weight excluding hydrogens is 242 g/mol. The molecule has 3 nitrogen and oxygen atoms in total. The van der Waals surface area contributed by atoms with Crippen molar-refractivity contribution in [2.24, 2.45) is 0 Å². The Kier molecular flexibility index (Phi) is 4.76. The number of nitrogens with one attached hydrogen (secondary N) is 1. The lowest BCUT2D eigenvalue weighted by atomic mass is 10.0. The van der Waals surface area contributed by atoms with Crippen molar-refractivity contribution in [3.8, 4) is 6.07 Å². The maximum atomic E-state index is 8.78. The summed E-state index contributed by atoms with van der Waals surface area (Å²) in [6.07, 6.45) is 2.46. The SMILES string of the molecule is CC(C)N1CCC(NCc2ccc(C#N)s2)CC1. The number of nitrogens with zero attached hydrogens (tertiary/aromatic N) is 2. The summed E-state index contributed by atoms with van der Waals surface area (Å²) in [7, 11) is 0. The number of hydrogen-bond donors (Lipinski definition) is 1. The van der Waals surface area contributed by atoms with E-state index >= 15 is 0 Å². The molecule has 0 radical (unpaired) electrons. The van der Waals surface area contributed by atoms with Crippen LogP contribution in [0.5, 0.6) is 0 Å². The van der Waals surface area contributed by atoms with E-state index in [9.17, 15) is 0 Å². The van der Waals surface area contributed by atoms with Crippen molar-refractivity contribution in [1.29, 1.82) is 5.26 Å². The van der Waals surface area contributed by atoms with Crippen LogP contribution in [0.15, 0.2) is 12.1 Å². The highest BCUT2D eigenvalue weighted by atomic mass is 32.1. The molecular formula is C14H21N3S. The molecule has 0 aromatic carbocycles. The Balaban J connectivity index is 1.74. The quantitative estimate of drug-likeness (QED) is 0.907. The molecule has 0 amide bonds. The van der Waals surface area contributed by atoms with Crippen molar-refractivity contribution >= 4 is 11.3 Å². The van der Waals surface area contributed by atoms with E-state index in [0.29, 0.717) is 12.1 Å². The fourth-order valence-electron chi connectivity index (χ4n) is 2.40. The summed E-state index contributed by atoms with van der Waals surface area (Å²) in [5.74, 6) is 0. The molecule has 0 unspecified atom stereocenters. The molecule has 98 valence electrons. The number of hydrogen-bond acceptors (Lipinski definition) is 4. The summed E-state index contributed by atoms with van der Waals surface area (Å²) >= 11 is 1.59. The van der Waals surface area contributed by atoms with Gasteiger partial charge in [0, 0.05) is 23.5 Å². The van der Waals surface area contributed by atoms with Crippen LogP contribution in [0.2, 0.25) is 0 Å². The predicted octanol–water partition coefficient (Wildman–Crippen LogP) is 2.58. The molecule has 1 saturated heterocycles. The smallest absolute Gasteiger partial charge is 0.110 e. The summed E-state index contributed by atoms with van der Waals surface area (Å²) < 4.78 is 0. The maximum absolute atomic E-state index is 8.78. The van der Waals surface area contributed by atoms with Crippen molar-refractivity contribution < 1.29 is 0 Å². The van der Waals surface area contributed by atoms with Crippen LogP contribution in [0, 0.1) is 11.3 Å². The van der Waals surface area contributed by atoms with Crippen LogP contribution in [0.3, 0.4) is 0 Å². The van der Waals surface area contributed by atoms with Crippen LogP contribution in [-0.4, -0.2) is 30.1 Å². The van der Waals surface area contributed by atoms with Crippen LogP contribution in [0.4, 0.5) is 0 Å². The summed E-state index contributed by atoms with van der Waals surface area (Å²) in [4.78, 5) is 4.61. The second-order valence-electron chi connectivity index (χ2n) is 5.16. The van der Waals surface area contributed by atoms with Crippen molar-refractivity contribution in [3.63, 3.8) is 0 Å². The lowest BCUT2D eigenvalue weighted by Gasteiger charge is -2.34. The number of piperidine rings is 1. The third-order valence-electron chi connectivity index (χ3n) is 3.60. The minimum absolute atomic E-state index is 0.632. The number of rotatable bonds is 4. The Labute approximate surface area is 113 Å². The van der Waals surface area contributed by atoms with Gasteiger partial charge in [-0.25, -0.2) is 0 Å². The fraction of sp³-hybridized carbons (Fsp3) is 0.643. The van der Waals surface area contributed by atoms with Gasteiger partial charge in [0.05, 0.1) is 0 Å². The highest BCUT2D eigenvalue weighted by molar-refractivity contribution is 7.12. The zero-order valence-corrected chi connectivity index (χ0v) is 12.0. The molecule has 1 aliphatic rings. The van der Waals surface area contributed by atoms with Gasteiger partial charge in [-0.15, -0.1) is 11.3 Å². The fourth-order valence-corrected chi connectivity index (χ4v) is 3.15. The third-order valence-corrected chi connectivity index (χ3v) is 4.59. The second kappa shape index (κ2) is 6.33. The Morgan fingerprint density at radius 3 is 2.72 bits per heavy atom. The zero-order valence-electron chi connectivity index (χ0n) is 11.1. The maximum Gasteiger partial charge on any atom is 0.110 e. The lowest BCUT2D eigenvalue weighted by molar-refractivity contribution is 0.161. The van der Waals surface area contributed by atoms with Gasteiger partial charge in [-0.1, -0.05) is 0 Å². The van der Waals surface area contributed by atoms with Gasteiger partial charge in [-0.2, -0.15) is 5.26 Å². The lowest BCUT2D eigenvalue weighted by Crippen LogP contribution is -2.44. The topological polar surface area (TPSA) is 39.1 Å². The minimum Gasteiger partial charge on any atom is -0.309 e. The molecule has 1 fully saturated rings. The summed E-state index contributed by atoms with van der Waals surface area (Å²) in [5, 5.41) is 12.4. The highest BCUT2D eigenvalue weighted by Crippen LogP contribution is 2.17. The largest absolute Gasteiger partial charge is 0.309 e. The molecule has 1 aliphatic heterocycles. The molecule has 0 spiro atoms. The van der Waals surface area contributed by atoms with Gasteiger partial charge in [-0.3, -0.25) is 0 Å². The molecule has 1 aromatic rings. The Morgan fingerprint density at radius 1 is 1.44 bits per heavy atom. The standard InChI is InChI=1S/C14H21N3S/c1-11(2)17-7-5-12(6-8-17)16-10-14-4-3-13(9-15)18-14/h3-4,11-12,16H,5-8,10H2,1-2H3. The van der Waals surface area contributed by atoms with Gasteiger partial charge < -0.3 is 10.2 Å². The van der Waals surface area contributed by atoms with Crippen molar-refractivity contribution in [2.75, 3.05) is 13.1 Å². The van der Waals surface area contributed by atoms with Crippen molar-refractivity contribution in [2.45, 2.75) is 45.3 Å². The van der Waals surface area contributed by atoms with Gasteiger partial charge in [0.25, 0.3) is 0 Å². The number of nitriles is 1. The van der Waals surface area contributed by atoms with E-state index in [4.69, 9.17) is 5.26 Å². The first-order chi connectivity index (χ1) is 8.69. The van der Waals surface area contributed by atoms with Crippen LogP contribution in [0.1, 0.15) is 36.4 Å². The molecule has 2 heterocycles.